The zero-order chi connectivity index (χ0) is 5.72. The van der Waals surface area contributed by atoms with Crippen molar-refractivity contribution in [3.8, 4) is 0 Å². The van der Waals surface area contributed by atoms with Gasteiger partial charge in [-0.05, 0) is 36.5 Å². The minimum absolute atomic E-state index is 0. The van der Waals surface area contributed by atoms with Gasteiger partial charge in [0.15, 0.2) is 0 Å². The summed E-state index contributed by atoms with van der Waals surface area (Å²) in [4.78, 5) is 0. The normalized spacial score (nSPS) is 48.6. The number of fused-ring (bicyclic) bond motifs is 1. The van der Waals surface area contributed by atoms with Crippen molar-refractivity contribution in [1.29, 1.82) is 0 Å². The first-order valence-corrected chi connectivity index (χ1v) is 3.79. The predicted molar refractivity (Wildman–Crippen MR) is 49.9 cm³/mol. The first kappa shape index (κ1) is 10.3. The molecule has 62 valence electrons. The summed E-state index contributed by atoms with van der Waals surface area (Å²) in [5.41, 5.74) is 0. The summed E-state index contributed by atoms with van der Waals surface area (Å²) in [6.45, 7) is 4.80. The van der Waals surface area contributed by atoms with E-state index in [1.165, 1.54) is 18.8 Å². The maximum absolute atomic E-state index is 2.40. The van der Waals surface area contributed by atoms with Gasteiger partial charge in [-0.1, -0.05) is 13.8 Å². The third kappa shape index (κ3) is 1.08. The van der Waals surface area contributed by atoms with Gasteiger partial charge >= 0.3 is 0 Å². The minimum atomic E-state index is 0. The Balaban J connectivity index is 0.000000405. The molecule has 2 aliphatic rings. The molecule has 10 heavy (non-hydrogen) atoms. The molecule has 2 atom stereocenters. The average Bonchev–Trinajstić information content (AvgIpc) is 1.63. The van der Waals surface area contributed by atoms with Gasteiger partial charge in [-0.2, -0.15) is 13.5 Å². The standard InChI is InChI=1S/C8H14.H3N.H2S/c1-5-3-7-4-6(2)8(5)7;;/h5-8H,3-4H2,1-2H3;1H3;1H2. The molecule has 2 unspecified atom stereocenters. The summed E-state index contributed by atoms with van der Waals surface area (Å²) in [6.07, 6.45) is 3.07. The van der Waals surface area contributed by atoms with E-state index in [0.717, 1.165) is 17.8 Å². The summed E-state index contributed by atoms with van der Waals surface area (Å²) < 4.78 is 0. The molecule has 0 aromatic carbocycles. The maximum Gasteiger partial charge on any atom is -0.0334 e. The van der Waals surface area contributed by atoms with Crippen LogP contribution in [0.15, 0.2) is 0 Å². The lowest BCUT2D eigenvalue weighted by molar-refractivity contribution is -0.0714. The fourth-order valence-electron chi connectivity index (χ4n) is 2.78. The van der Waals surface area contributed by atoms with Crippen LogP contribution in [0.4, 0.5) is 0 Å². The van der Waals surface area contributed by atoms with Gasteiger partial charge in [0.05, 0.1) is 0 Å². The second-order valence-electron chi connectivity index (χ2n) is 3.76. The Kier molecular flexibility index (Phi) is 3.24. The van der Waals surface area contributed by atoms with Gasteiger partial charge in [-0.15, -0.1) is 0 Å². The highest BCUT2D eigenvalue weighted by Gasteiger charge is 2.49. The topological polar surface area (TPSA) is 35.0 Å². The van der Waals surface area contributed by atoms with E-state index in [1.807, 2.05) is 0 Å². The van der Waals surface area contributed by atoms with E-state index in [2.05, 4.69) is 13.8 Å². The molecule has 2 aliphatic carbocycles. The molecule has 0 radical (unpaired) electrons. The van der Waals surface area contributed by atoms with Crippen LogP contribution in [0.3, 0.4) is 0 Å². The number of hydrogen-bond donors (Lipinski definition) is 1. The zero-order valence-electron chi connectivity index (χ0n) is 6.93. The molecule has 3 N–H and O–H groups in total. The largest absolute Gasteiger partial charge is 0.344 e. The first-order valence-electron chi connectivity index (χ1n) is 3.79. The summed E-state index contributed by atoms with van der Waals surface area (Å²) in [7, 11) is 0. The molecule has 2 saturated carbocycles. The molecule has 0 amide bonds. The fourth-order valence-corrected chi connectivity index (χ4v) is 2.78. The Morgan fingerprint density at radius 1 is 1.00 bits per heavy atom. The second-order valence-corrected chi connectivity index (χ2v) is 3.76. The van der Waals surface area contributed by atoms with Crippen molar-refractivity contribution in [2.45, 2.75) is 26.7 Å². The minimum Gasteiger partial charge on any atom is -0.344 e. The Morgan fingerprint density at radius 3 is 1.50 bits per heavy atom. The molecule has 0 aliphatic heterocycles. The molecule has 2 rings (SSSR count). The van der Waals surface area contributed by atoms with Crippen LogP contribution in [0.1, 0.15) is 26.7 Å². The molecule has 0 bridgehead atoms. The lowest BCUT2D eigenvalue weighted by atomic mass is 9.49. The van der Waals surface area contributed by atoms with Gasteiger partial charge < -0.3 is 6.15 Å². The SMILES string of the molecule is CC1CC2CC(C)C12.N.S. The van der Waals surface area contributed by atoms with Gasteiger partial charge in [0.25, 0.3) is 0 Å². The van der Waals surface area contributed by atoms with Crippen molar-refractivity contribution < 1.29 is 0 Å². The molecule has 0 aromatic heterocycles. The zero-order valence-corrected chi connectivity index (χ0v) is 7.93. The Bertz CT molecular complexity index is 97.1. The number of hydrogen-bond acceptors (Lipinski definition) is 1. The molecular formula is C8H19NS. The summed E-state index contributed by atoms with van der Waals surface area (Å²) in [6, 6.07) is 0. The van der Waals surface area contributed by atoms with Gasteiger partial charge in [0, 0.05) is 0 Å². The van der Waals surface area contributed by atoms with Crippen molar-refractivity contribution in [3.05, 3.63) is 0 Å². The Hall–Kier alpha value is 0.310. The van der Waals surface area contributed by atoms with E-state index in [9.17, 15) is 0 Å². The molecular weight excluding hydrogens is 142 g/mol. The number of rotatable bonds is 0. The van der Waals surface area contributed by atoms with Crippen LogP contribution in [0, 0.1) is 23.7 Å². The summed E-state index contributed by atoms with van der Waals surface area (Å²) in [5.74, 6) is 4.46. The monoisotopic (exact) mass is 161 g/mol. The van der Waals surface area contributed by atoms with Crippen molar-refractivity contribution in [2.75, 3.05) is 0 Å². The van der Waals surface area contributed by atoms with Crippen LogP contribution in [-0.2, 0) is 0 Å². The second kappa shape index (κ2) is 3.14. The smallest absolute Gasteiger partial charge is 0.0334 e. The molecule has 2 fully saturated rings. The van der Waals surface area contributed by atoms with E-state index >= 15 is 0 Å². The third-order valence-electron chi connectivity index (χ3n) is 3.21. The molecule has 0 saturated heterocycles. The van der Waals surface area contributed by atoms with Crippen LogP contribution < -0.4 is 6.15 Å². The van der Waals surface area contributed by atoms with E-state index in [4.69, 9.17) is 0 Å². The van der Waals surface area contributed by atoms with E-state index in [1.54, 1.807) is 0 Å². The first-order chi connectivity index (χ1) is 3.79. The van der Waals surface area contributed by atoms with E-state index < -0.39 is 0 Å². The fraction of sp³-hybridized carbons (Fsp3) is 1.00. The van der Waals surface area contributed by atoms with Crippen molar-refractivity contribution in [3.63, 3.8) is 0 Å². The van der Waals surface area contributed by atoms with Crippen LogP contribution in [-0.4, -0.2) is 0 Å². The Morgan fingerprint density at radius 2 is 1.40 bits per heavy atom. The molecule has 1 nitrogen and oxygen atoms in total. The highest BCUT2D eigenvalue weighted by molar-refractivity contribution is 7.59. The maximum atomic E-state index is 2.40. The lowest BCUT2D eigenvalue weighted by Crippen LogP contribution is -2.49. The van der Waals surface area contributed by atoms with Crippen LogP contribution >= 0.6 is 13.5 Å². The van der Waals surface area contributed by atoms with E-state index in [0.29, 0.717) is 0 Å². The van der Waals surface area contributed by atoms with Gasteiger partial charge in [-0.25, -0.2) is 0 Å². The van der Waals surface area contributed by atoms with Crippen LogP contribution in [0.2, 0.25) is 0 Å². The summed E-state index contributed by atoms with van der Waals surface area (Å²) in [5, 5.41) is 0. The summed E-state index contributed by atoms with van der Waals surface area (Å²) >= 11 is 0. The highest BCUT2D eigenvalue weighted by atomic mass is 32.1. The predicted octanol–water partition coefficient (Wildman–Crippen LogP) is 2.57. The third-order valence-corrected chi connectivity index (χ3v) is 3.21. The van der Waals surface area contributed by atoms with Crippen LogP contribution in [0.25, 0.3) is 0 Å². The van der Waals surface area contributed by atoms with Crippen LogP contribution in [0.5, 0.6) is 0 Å². The van der Waals surface area contributed by atoms with Gasteiger partial charge in [0.2, 0.25) is 0 Å². The molecule has 0 heterocycles. The molecule has 2 heteroatoms. The Labute approximate surface area is 70.6 Å². The quantitative estimate of drug-likeness (QED) is 0.582. The van der Waals surface area contributed by atoms with Crippen molar-refractivity contribution in [2.24, 2.45) is 23.7 Å². The van der Waals surface area contributed by atoms with Crippen molar-refractivity contribution >= 4 is 13.5 Å². The van der Waals surface area contributed by atoms with Gasteiger partial charge in [-0.3, -0.25) is 0 Å². The highest BCUT2D eigenvalue weighted by Crippen LogP contribution is 2.57. The molecule has 0 spiro atoms. The van der Waals surface area contributed by atoms with Crippen molar-refractivity contribution in [1.82, 2.24) is 6.15 Å². The average molecular weight is 161 g/mol. The van der Waals surface area contributed by atoms with Gasteiger partial charge in [0.1, 0.15) is 0 Å². The van der Waals surface area contributed by atoms with E-state index in [-0.39, 0.29) is 19.6 Å². The lowest BCUT2D eigenvalue weighted by Gasteiger charge is -2.56. The molecule has 0 aromatic rings.